The van der Waals surface area contributed by atoms with Gasteiger partial charge in [-0.1, -0.05) is 66.2 Å². The van der Waals surface area contributed by atoms with Crippen LogP contribution >= 0.6 is 66.4 Å². The summed E-state index contributed by atoms with van der Waals surface area (Å²) >= 11 is 13.1. The summed E-state index contributed by atoms with van der Waals surface area (Å²) in [5.41, 5.74) is 17.0. The number of aliphatic hydroxyl groups is 1. The molecular weight excluding hydrogens is 815 g/mol. The van der Waals surface area contributed by atoms with E-state index in [9.17, 15) is 14.7 Å². The third-order valence-corrected chi connectivity index (χ3v) is 7.10. The lowest BCUT2D eigenvalue weighted by atomic mass is 10.0. The number of nitrogens with two attached hydrogens (primary N) is 2. The van der Waals surface area contributed by atoms with E-state index in [1.54, 1.807) is 30.5 Å². The van der Waals surface area contributed by atoms with Gasteiger partial charge in [-0.15, -0.1) is 0 Å². The molecule has 0 spiro atoms. The molecule has 2 amide bonds. The van der Waals surface area contributed by atoms with Crippen LogP contribution in [0, 0.1) is 0 Å². The van der Waals surface area contributed by atoms with Crippen molar-refractivity contribution in [3.8, 4) is 22.3 Å². The van der Waals surface area contributed by atoms with Crippen molar-refractivity contribution in [2.45, 2.75) is 37.6 Å². The summed E-state index contributed by atoms with van der Waals surface area (Å²) in [5, 5.41) is 9.67. The van der Waals surface area contributed by atoms with Crippen molar-refractivity contribution >= 4 is 78.2 Å². The van der Waals surface area contributed by atoms with Gasteiger partial charge in [0.05, 0.1) is 22.3 Å². The van der Waals surface area contributed by atoms with Crippen molar-refractivity contribution in [1.82, 2.24) is 9.97 Å². The highest BCUT2D eigenvalue weighted by molar-refractivity contribution is 9.93. The van der Waals surface area contributed by atoms with E-state index in [1.165, 1.54) is 0 Å². The average molecular weight is 846 g/mol. The Labute approximate surface area is 280 Å². The number of halogens is 4. The molecule has 4 rings (SSSR count). The van der Waals surface area contributed by atoms with Gasteiger partial charge in [-0.3, -0.25) is 19.6 Å². The SMILES string of the molecule is BrP(Br)Br.CCC(Br)c1ccc(-c2ccc(C(N)=O)cc2)cn1.CCC(O)c1ccc(-c2ccc(C(N)=O)cc2)cn1. The van der Waals surface area contributed by atoms with Gasteiger partial charge in [0.25, 0.3) is 0 Å². The second kappa shape index (κ2) is 18.6. The highest BCUT2D eigenvalue weighted by Crippen LogP contribution is 2.59. The number of rotatable bonds is 8. The van der Waals surface area contributed by atoms with Crippen LogP contribution in [0.3, 0.4) is 0 Å². The molecule has 42 heavy (non-hydrogen) atoms. The van der Waals surface area contributed by atoms with Gasteiger partial charge in [0.1, 0.15) is 4.03 Å². The van der Waals surface area contributed by atoms with Gasteiger partial charge in [0, 0.05) is 34.6 Å². The first-order chi connectivity index (χ1) is 20.0. The van der Waals surface area contributed by atoms with Crippen LogP contribution < -0.4 is 11.5 Å². The van der Waals surface area contributed by atoms with Crippen molar-refractivity contribution in [1.29, 1.82) is 0 Å². The quantitative estimate of drug-likeness (QED) is 0.120. The van der Waals surface area contributed by atoms with Crippen molar-refractivity contribution in [3.05, 3.63) is 108 Å². The maximum absolute atomic E-state index is 11.0. The van der Waals surface area contributed by atoms with Crippen molar-refractivity contribution < 1.29 is 14.7 Å². The van der Waals surface area contributed by atoms with Crippen LogP contribution in [0.1, 0.15) is 69.7 Å². The highest BCUT2D eigenvalue weighted by Gasteiger charge is 2.08. The Morgan fingerprint density at radius 1 is 0.690 bits per heavy atom. The molecule has 0 aliphatic carbocycles. The normalized spacial score (nSPS) is 11.8. The average Bonchev–Trinajstić information content (AvgIpc) is 3.00. The number of benzene rings is 2. The van der Waals surface area contributed by atoms with Crippen LogP contribution in [0.5, 0.6) is 0 Å². The van der Waals surface area contributed by atoms with Gasteiger partial charge in [-0.2, -0.15) is 0 Å². The van der Waals surface area contributed by atoms with E-state index in [0.29, 0.717) is 28.1 Å². The lowest BCUT2D eigenvalue weighted by Gasteiger charge is -2.08. The third kappa shape index (κ3) is 11.9. The van der Waals surface area contributed by atoms with E-state index in [2.05, 4.69) is 79.3 Å². The fraction of sp³-hybridized carbons (Fsp3) is 0.200. The number of aliphatic hydroxyl groups excluding tert-OH is 1. The number of carbonyl (C=O) groups excluding carboxylic acids is 2. The van der Waals surface area contributed by atoms with Crippen LogP contribution in [0.25, 0.3) is 22.3 Å². The maximum Gasteiger partial charge on any atom is 0.248 e. The number of primary amides is 2. The number of aromatic nitrogens is 2. The van der Waals surface area contributed by atoms with Gasteiger partial charge in [-0.05, 0) is 107 Å². The Morgan fingerprint density at radius 3 is 1.33 bits per heavy atom. The van der Waals surface area contributed by atoms with Gasteiger partial charge < -0.3 is 16.6 Å². The second-order valence-electron chi connectivity index (χ2n) is 8.82. The molecule has 12 heteroatoms. The van der Waals surface area contributed by atoms with Crippen molar-refractivity contribution in [3.63, 3.8) is 0 Å². The number of amides is 2. The van der Waals surface area contributed by atoms with E-state index in [4.69, 9.17) is 11.5 Å². The Morgan fingerprint density at radius 2 is 1.05 bits per heavy atom. The Kier molecular flexibility index (Phi) is 16.0. The number of pyridine rings is 2. The molecule has 0 aliphatic heterocycles. The maximum atomic E-state index is 11.0. The molecule has 2 unspecified atom stereocenters. The smallest absolute Gasteiger partial charge is 0.248 e. The molecular formula is C30H31Br4N4O3P. The summed E-state index contributed by atoms with van der Waals surface area (Å²) in [6.45, 7) is 4.01. The summed E-state index contributed by atoms with van der Waals surface area (Å²) in [5.74, 6) is -0.851. The molecule has 7 nitrogen and oxygen atoms in total. The standard InChI is InChI=1S/C15H15BrN2O.C15H16N2O2.Br3P/c1-2-13(16)14-8-7-12(9-18-14)10-3-5-11(6-4-10)15(17)19;1-2-14(18)13-8-7-12(9-17-13)10-3-5-11(6-4-10)15(16)19;1-4(2)3/h3-9,13H,2H2,1H3,(H2,17,19);3-9,14,18H,2H2,1H3,(H2,16,19);. The van der Waals surface area contributed by atoms with E-state index in [0.717, 1.165) is 34.4 Å². The van der Waals surface area contributed by atoms with E-state index >= 15 is 0 Å². The van der Waals surface area contributed by atoms with Crippen LogP contribution in [0.15, 0.2) is 85.2 Å². The molecule has 5 N–H and O–H groups in total. The summed E-state index contributed by atoms with van der Waals surface area (Å²) in [6, 6.07) is 22.0. The zero-order valence-electron chi connectivity index (χ0n) is 22.9. The lowest BCUT2D eigenvalue weighted by Crippen LogP contribution is -2.10. The first-order valence-electron chi connectivity index (χ1n) is 12.8. The minimum Gasteiger partial charge on any atom is -0.387 e. The number of alkyl halides is 1. The second-order valence-corrected chi connectivity index (χ2v) is 25.3. The van der Waals surface area contributed by atoms with Crippen molar-refractivity contribution in [2.24, 2.45) is 11.5 Å². The van der Waals surface area contributed by atoms with Gasteiger partial charge in [0.2, 0.25) is 11.8 Å². The lowest BCUT2D eigenvalue weighted by molar-refractivity contribution is 0.0992. The highest BCUT2D eigenvalue weighted by atomic mass is 80.0. The number of hydrogen-bond acceptors (Lipinski definition) is 5. The molecule has 2 heterocycles. The summed E-state index contributed by atoms with van der Waals surface area (Å²) in [7, 11) is 0. The number of carbonyl (C=O) groups is 2. The minimum atomic E-state index is -0.522. The summed E-state index contributed by atoms with van der Waals surface area (Å²) in [4.78, 5) is 31.0. The van der Waals surface area contributed by atoms with E-state index < -0.39 is 17.9 Å². The van der Waals surface area contributed by atoms with Gasteiger partial charge in [0.15, 0.2) is 0 Å². The minimum absolute atomic E-state index is 0.183. The van der Waals surface area contributed by atoms with E-state index in [1.807, 2.05) is 61.7 Å². The third-order valence-electron chi connectivity index (χ3n) is 5.99. The molecule has 2 aromatic heterocycles. The van der Waals surface area contributed by atoms with Gasteiger partial charge in [-0.25, -0.2) is 0 Å². The number of hydrogen-bond donors (Lipinski definition) is 3. The molecule has 2 aromatic carbocycles. The first-order valence-corrected chi connectivity index (χ1v) is 21.1. The van der Waals surface area contributed by atoms with E-state index in [-0.39, 0.29) is 4.03 Å². The Hall–Kier alpha value is -2.01. The zero-order valence-corrected chi connectivity index (χ0v) is 30.2. The number of nitrogens with zero attached hydrogens (tertiary/aromatic N) is 2. The molecule has 0 aliphatic rings. The predicted molar refractivity (Wildman–Crippen MR) is 187 cm³/mol. The Balaban J connectivity index is 0.000000261. The van der Waals surface area contributed by atoms with Crippen LogP contribution in [0.2, 0.25) is 0 Å². The van der Waals surface area contributed by atoms with Gasteiger partial charge >= 0.3 is 0 Å². The van der Waals surface area contributed by atoms with Crippen LogP contribution in [-0.2, 0) is 0 Å². The molecule has 222 valence electrons. The molecule has 0 bridgehead atoms. The monoisotopic (exact) mass is 842 g/mol. The molecule has 0 radical (unpaired) electrons. The molecule has 2 atom stereocenters. The summed E-state index contributed by atoms with van der Waals surface area (Å²) < 4.78 is -0.183. The van der Waals surface area contributed by atoms with Crippen molar-refractivity contribution in [2.75, 3.05) is 0 Å². The summed E-state index contributed by atoms with van der Waals surface area (Å²) in [6.07, 6.45) is 4.68. The zero-order chi connectivity index (χ0) is 31.2. The Bertz CT molecular complexity index is 1300. The fourth-order valence-electron chi connectivity index (χ4n) is 3.61. The first kappa shape index (κ1) is 36.2. The van der Waals surface area contributed by atoms with Crippen LogP contribution in [0.4, 0.5) is 0 Å². The predicted octanol–water partition coefficient (Wildman–Crippen LogP) is 9.38. The topological polar surface area (TPSA) is 132 Å². The fourth-order valence-corrected chi connectivity index (χ4v) is 3.88. The molecule has 0 fully saturated rings. The molecule has 0 saturated heterocycles. The molecule has 4 aromatic rings. The molecule has 0 saturated carbocycles. The van der Waals surface area contributed by atoms with Crippen LogP contribution in [-0.4, -0.2) is 26.9 Å². The largest absolute Gasteiger partial charge is 0.387 e.